The zero-order valence-corrected chi connectivity index (χ0v) is 14.5. The van der Waals surface area contributed by atoms with E-state index in [1.54, 1.807) is 25.9 Å². The van der Waals surface area contributed by atoms with Crippen molar-refractivity contribution in [1.29, 1.82) is 0 Å². The molecule has 8 nitrogen and oxygen atoms in total. The second-order valence-electron chi connectivity index (χ2n) is 5.64. The van der Waals surface area contributed by atoms with Gasteiger partial charge in [0.15, 0.2) is 17.1 Å². The second kappa shape index (κ2) is 7.25. The number of methoxy groups -OCH3 is 2. The number of anilines is 1. The van der Waals surface area contributed by atoms with E-state index in [1.165, 1.54) is 6.20 Å². The number of nitrogens with one attached hydrogen (secondary N) is 2. The average molecular weight is 343 g/mol. The minimum atomic E-state index is -0.194. The smallest absolute Gasteiger partial charge is 0.263 e. The number of aryl methyl sites for hydroxylation is 2. The standard InChI is InChI=1S/C17H21N5O3/c1-22-15-12(10-19-22)16(23)21-17(20-15)18-8-4-5-11-6-7-13(24-2)14(9-11)25-3/h6-7,9-10H,4-5,8H2,1-3H3,(H2,18,20,21,23). The van der Waals surface area contributed by atoms with Crippen LogP contribution in [0.5, 0.6) is 11.5 Å². The van der Waals surface area contributed by atoms with Crippen LogP contribution >= 0.6 is 0 Å². The van der Waals surface area contributed by atoms with Crippen LogP contribution in [0.25, 0.3) is 11.0 Å². The third-order valence-electron chi connectivity index (χ3n) is 3.98. The lowest BCUT2D eigenvalue weighted by atomic mass is 10.1. The van der Waals surface area contributed by atoms with Crippen molar-refractivity contribution in [1.82, 2.24) is 19.7 Å². The second-order valence-corrected chi connectivity index (χ2v) is 5.64. The number of H-pyrrole nitrogens is 1. The Kier molecular flexibility index (Phi) is 4.87. The lowest BCUT2D eigenvalue weighted by molar-refractivity contribution is 0.354. The van der Waals surface area contributed by atoms with E-state index in [1.807, 2.05) is 18.2 Å². The van der Waals surface area contributed by atoms with Crippen molar-refractivity contribution in [3.05, 3.63) is 40.3 Å². The number of nitrogens with zero attached hydrogens (tertiary/aromatic N) is 3. The van der Waals surface area contributed by atoms with Crippen LogP contribution in [0, 0.1) is 0 Å². The first kappa shape index (κ1) is 16.8. The van der Waals surface area contributed by atoms with Crippen molar-refractivity contribution in [3.63, 3.8) is 0 Å². The Labute approximate surface area is 144 Å². The molecule has 0 saturated heterocycles. The normalized spacial score (nSPS) is 10.8. The Morgan fingerprint density at radius 1 is 1.24 bits per heavy atom. The Hall–Kier alpha value is -3.03. The van der Waals surface area contributed by atoms with Crippen LogP contribution in [0.15, 0.2) is 29.2 Å². The number of rotatable bonds is 7. The van der Waals surface area contributed by atoms with Crippen LogP contribution in [0.2, 0.25) is 0 Å². The van der Waals surface area contributed by atoms with E-state index in [4.69, 9.17) is 9.47 Å². The summed E-state index contributed by atoms with van der Waals surface area (Å²) in [4.78, 5) is 19.1. The summed E-state index contributed by atoms with van der Waals surface area (Å²) in [7, 11) is 5.00. The molecule has 25 heavy (non-hydrogen) atoms. The molecule has 2 heterocycles. The molecule has 0 fully saturated rings. The number of fused-ring (bicyclic) bond motifs is 1. The van der Waals surface area contributed by atoms with E-state index in [9.17, 15) is 4.79 Å². The summed E-state index contributed by atoms with van der Waals surface area (Å²) in [5.41, 5.74) is 1.52. The van der Waals surface area contributed by atoms with Gasteiger partial charge in [0.05, 0.1) is 20.4 Å². The van der Waals surface area contributed by atoms with E-state index >= 15 is 0 Å². The van der Waals surface area contributed by atoms with Crippen LogP contribution in [0.3, 0.4) is 0 Å². The molecule has 0 radical (unpaired) electrons. The Bertz CT molecular complexity index is 932. The Morgan fingerprint density at radius 2 is 2.04 bits per heavy atom. The molecule has 2 aromatic heterocycles. The summed E-state index contributed by atoms with van der Waals surface area (Å²) in [5, 5.41) is 7.69. The molecule has 0 saturated carbocycles. The number of benzene rings is 1. The molecule has 132 valence electrons. The maximum absolute atomic E-state index is 12.0. The van der Waals surface area contributed by atoms with Crippen molar-refractivity contribution in [2.45, 2.75) is 12.8 Å². The SMILES string of the molecule is COc1ccc(CCCNc2nc3c(cnn3C)c(=O)[nH]2)cc1OC. The van der Waals surface area contributed by atoms with Crippen molar-refractivity contribution >= 4 is 17.0 Å². The molecule has 3 aromatic rings. The number of ether oxygens (including phenoxy) is 2. The fourth-order valence-electron chi connectivity index (χ4n) is 2.65. The Morgan fingerprint density at radius 3 is 2.80 bits per heavy atom. The number of aromatic amines is 1. The monoisotopic (exact) mass is 343 g/mol. The molecule has 0 unspecified atom stereocenters. The maximum atomic E-state index is 12.0. The van der Waals surface area contributed by atoms with Crippen LogP contribution in [0.1, 0.15) is 12.0 Å². The summed E-state index contributed by atoms with van der Waals surface area (Å²) in [6.45, 7) is 0.681. The number of aromatic nitrogens is 4. The largest absolute Gasteiger partial charge is 0.493 e. The zero-order chi connectivity index (χ0) is 17.8. The van der Waals surface area contributed by atoms with E-state index < -0.39 is 0 Å². The van der Waals surface area contributed by atoms with Gasteiger partial charge in [-0.2, -0.15) is 10.1 Å². The summed E-state index contributed by atoms with van der Waals surface area (Å²) >= 11 is 0. The van der Waals surface area contributed by atoms with Crippen LogP contribution in [-0.2, 0) is 13.5 Å². The van der Waals surface area contributed by atoms with Gasteiger partial charge in [-0.05, 0) is 30.5 Å². The molecular weight excluding hydrogens is 322 g/mol. The first-order chi connectivity index (χ1) is 12.1. The highest BCUT2D eigenvalue weighted by Crippen LogP contribution is 2.27. The molecule has 0 aliphatic carbocycles. The van der Waals surface area contributed by atoms with Gasteiger partial charge >= 0.3 is 0 Å². The van der Waals surface area contributed by atoms with Crippen molar-refractivity contribution < 1.29 is 9.47 Å². The Balaban J connectivity index is 1.60. The van der Waals surface area contributed by atoms with Crippen LogP contribution < -0.4 is 20.3 Å². The molecule has 8 heteroatoms. The van der Waals surface area contributed by atoms with Gasteiger partial charge < -0.3 is 14.8 Å². The highest BCUT2D eigenvalue weighted by atomic mass is 16.5. The molecule has 0 bridgehead atoms. The van der Waals surface area contributed by atoms with Gasteiger partial charge in [0, 0.05) is 13.6 Å². The molecule has 0 atom stereocenters. The third kappa shape index (κ3) is 3.57. The lowest BCUT2D eigenvalue weighted by Gasteiger charge is -2.10. The minimum Gasteiger partial charge on any atom is -0.493 e. The highest BCUT2D eigenvalue weighted by Gasteiger charge is 2.08. The average Bonchev–Trinajstić information content (AvgIpc) is 3.00. The molecule has 2 N–H and O–H groups in total. The molecule has 0 amide bonds. The van der Waals surface area contributed by atoms with Crippen LogP contribution in [0.4, 0.5) is 5.95 Å². The van der Waals surface area contributed by atoms with E-state index in [2.05, 4.69) is 20.4 Å². The quantitative estimate of drug-likeness (QED) is 0.635. The number of hydrogen-bond donors (Lipinski definition) is 2. The summed E-state index contributed by atoms with van der Waals surface area (Å²) in [6.07, 6.45) is 3.26. The predicted molar refractivity (Wildman–Crippen MR) is 95.5 cm³/mol. The molecule has 0 aliphatic rings. The maximum Gasteiger partial charge on any atom is 0.263 e. The van der Waals surface area contributed by atoms with Crippen LogP contribution in [-0.4, -0.2) is 40.5 Å². The predicted octanol–water partition coefficient (Wildman–Crippen LogP) is 1.72. The fraction of sp³-hybridized carbons (Fsp3) is 0.353. The van der Waals surface area contributed by atoms with Crippen molar-refractivity contribution in [2.24, 2.45) is 7.05 Å². The fourth-order valence-corrected chi connectivity index (χ4v) is 2.65. The first-order valence-corrected chi connectivity index (χ1v) is 7.99. The summed E-state index contributed by atoms with van der Waals surface area (Å²) < 4.78 is 12.1. The van der Waals surface area contributed by atoms with Gasteiger partial charge in [-0.3, -0.25) is 14.5 Å². The van der Waals surface area contributed by atoms with E-state index in [0.29, 0.717) is 23.5 Å². The summed E-state index contributed by atoms with van der Waals surface area (Å²) in [6, 6.07) is 5.89. The molecular formula is C17H21N5O3. The van der Waals surface area contributed by atoms with Gasteiger partial charge in [-0.25, -0.2) is 0 Å². The highest BCUT2D eigenvalue weighted by molar-refractivity contribution is 5.74. The molecule has 1 aromatic carbocycles. The van der Waals surface area contributed by atoms with Crippen molar-refractivity contribution in [2.75, 3.05) is 26.1 Å². The van der Waals surface area contributed by atoms with Gasteiger partial charge in [0.25, 0.3) is 5.56 Å². The van der Waals surface area contributed by atoms with E-state index in [0.717, 1.165) is 29.9 Å². The van der Waals surface area contributed by atoms with Gasteiger partial charge in [-0.15, -0.1) is 0 Å². The van der Waals surface area contributed by atoms with Gasteiger partial charge in [0.2, 0.25) is 5.95 Å². The molecule has 3 rings (SSSR count). The van der Waals surface area contributed by atoms with E-state index in [-0.39, 0.29) is 5.56 Å². The number of hydrogen-bond acceptors (Lipinski definition) is 6. The van der Waals surface area contributed by atoms with Crippen molar-refractivity contribution in [3.8, 4) is 11.5 Å². The zero-order valence-electron chi connectivity index (χ0n) is 14.5. The lowest BCUT2D eigenvalue weighted by Crippen LogP contribution is -2.14. The summed E-state index contributed by atoms with van der Waals surface area (Å²) in [5.74, 6) is 1.89. The minimum absolute atomic E-state index is 0.194. The molecule has 0 spiro atoms. The van der Waals surface area contributed by atoms with Gasteiger partial charge in [-0.1, -0.05) is 6.07 Å². The third-order valence-corrected chi connectivity index (χ3v) is 3.98. The van der Waals surface area contributed by atoms with Gasteiger partial charge in [0.1, 0.15) is 5.39 Å². The first-order valence-electron chi connectivity index (χ1n) is 7.99. The topological polar surface area (TPSA) is 94.1 Å². The molecule has 0 aliphatic heterocycles.